The lowest BCUT2D eigenvalue weighted by molar-refractivity contribution is -0.275. The lowest BCUT2D eigenvalue weighted by atomic mass is 10.1. The topological polar surface area (TPSA) is 84.2 Å². The molecule has 0 fully saturated rings. The zero-order valence-corrected chi connectivity index (χ0v) is 16.0. The third-order valence-corrected chi connectivity index (χ3v) is 3.84. The molecule has 0 atom stereocenters. The molecule has 2 aromatic carbocycles. The molecule has 0 spiro atoms. The molecule has 0 aliphatic carbocycles. The van der Waals surface area contributed by atoms with Gasteiger partial charge in [0.05, 0.1) is 0 Å². The molecule has 0 amide bonds. The second kappa shape index (κ2) is 8.41. The summed E-state index contributed by atoms with van der Waals surface area (Å²) < 4.78 is 101. The average Bonchev–Trinajstić information content (AvgIpc) is 3.08. The number of halogens is 6. The Hall–Kier alpha value is -4.16. The number of benzene rings is 2. The molecule has 0 N–H and O–H groups in total. The van der Waals surface area contributed by atoms with Crippen molar-refractivity contribution in [2.45, 2.75) is 12.7 Å². The first-order valence-electron chi connectivity index (χ1n) is 8.55. The Morgan fingerprint density at radius 1 is 0.727 bits per heavy atom. The second-order valence-corrected chi connectivity index (χ2v) is 5.99. The summed E-state index contributed by atoms with van der Waals surface area (Å²) in [6, 6.07) is 4.05. The number of carbonyl (C=O) groups is 2. The van der Waals surface area contributed by atoms with E-state index in [0.29, 0.717) is 12.2 Å². The number of carbonyl (C=O) groups excluding carboxylic acids is 2. The van der Waals surface area contributed by atoms with Gasteiger partial charge in [0.2, 0.25) is 11.5 Å². The molecule has 13 heteroatoms. The molecule has 1 aromatic heterocycles. The minimum atomic E-state index is -5.29. The monoisotopic (exact) mass is 476 g/mol. The SMILES string of the molecule is C=CC(=O)Oc1ccc2c(oc3c(OC(F)(F)F)c(OC(=O)C=C)ccc32)c1OC(F)(F)F. The Labute approximate surface area is 179 Å². The fourth-order valence-corrected chi connectivity index (χ4v) is 2.70. The molecule has 1 heterocycles. The highest BCUT2D eigenvalue weighted by Crippen LogP contribution is 2.48. The zero-order valence-electron chi connectivity index (χ0n) is 16.0. The molecule has 0 aliphatic heterocycles. The van der Waals surface area contributed by atoms with E-state index < -0.39 is 58.8 Å². The molecule has 0 saturated carbocycles. The highest BCUT2D eigenvalue weighted by Gasteiger charge is 2.37. The van der Waals surface area contributed by atoms with Gasteiger partial charge in [-0.1, -0.05) is 13.2 Å². The number of fused-ring (bicyclic) bond motifs is 3. The van der Waals surface area contributed by atoms with E-state index in [1.165, 1.54) is 0 Å². The fraction of sp³-hybridized carbons (Fsp3) is 0.100. The van der Waals surface area contributed by atoms with Gasteiger partial charge in [0.25, 0.3) is 0 Å². The molecular formula is C20H10F6O7. The Kier molecular flexibility index (Phi) is 5.99. The van der Waals surface area contributed by atoms with E-state index in [-0.39, 0.29) is 10.8 Å². The van der Waals surface area contributed by atoms with Crippen molar-refractivity contribution in [1.29, 1.82) is 0 Å². The Bertz CT molecular complexity index is 1170. The van der Waals surface area contributed by atoms with Crippen LogP contribution in [0.2, 0.25) is 0 Å². The molecule has 0 unspecified atom stereocenters. The van der Waals surface area contributed by atoms with Crippen molar-refractivity contribution in [3.05, 3.63) is 49.6 Å². The summed E-state index contributed by atoms with van der Waals surface area (Å²) in [7, 11) is 0. The number of rotatable bonds is 6. The van der Waals surface area contributed by atoms with Crippen molar-refractivity contribution in [1.82, 2.24) is 0 Å². The first-order valence-corrected chi connectivity index (χ1v) is 8.55. The van der Waals surface area contributed by atoms with Gasteiger partial charge in [-0.2, -0.15) is 0 Å². The van der Waals surface area contributed by atoms with E-state index in [9.17, 15) is 35.9 Å². The van der Waals surface area contributed by atoms with E-state index >= 15 is 0 Å². The molecule has 0 saturated heterocycles. The predicted molar refractivity (Wildman–Crippen MR) is 98.8 cm³/mol. The minimum Gasteiger partial charge on any atom is -0.448 e. The summed E-state index contributed by atoms with van der Waals surface area (Å²) in [5, 5.41) is -0.312. The van der Waals surface area contributed by atoms with Gasteiger partial charge in [-0.05, 0) is 24.3 Å². The van der Waals surface area contributed by atoms with Crippen LogP contribution in [0.5, 0.6) is 23.0 Å². The molecule has 0 radical (unpaired) electrons. The average molecular weight is 476 g/mol. The van der Waals surface area contributed by atoms with Crippen molar-refractivity contribution in [2.24, 2.45) is 0 Å². The Morgan fingerprint density at radius 2 is 1.09 bits per heavy atom. The van der Waals surface area contributed by atoms with Gasteiger partial charge in [0, 0.05) is 22.9 Å². The van der Waals surface area contributed by atoms with E-state index in [1.54, 1.807) is 0 Å². The first-order chi connectivity index (χ1) is 15.3. The Balaban J connectivity index is 2.34. The summed E-state index contributed by atoms with van der Waals surface area (Å²) in [5.74, 6) is -6.07. The molecule has 7 nitrogen and oxygen atoms in total. The van der Waals surface area contributed by atoms with Crippen molar-refractivity contribution in [3.8, 4) is 23.0 Å². The van der Waals surface area contributed by atoms with Crippen LogP contribution in [0.4, 0.5) is 26.3 Å². The minimum absolute atomic E-state index is 0.156. The van der Waals surface area contributed by atoms with Crippen molar-refractivity contribution >= 4 is 33.9 Å². The molecule has 0 aliphatic rings. The third-order valence-electron chi connectivity index (χ3n) is 3.84. The number of hydrogen-bond acceptors (Lipinski definition) is 7. The van der Waals surface area contributed by atoms with Crippen molar-refractivity contribution in [2.75, 3.05) is 0 Å². The van der Waals surface area contributed by atoms with Crippen LogP contribution in [0, 0.1) is 0 Å². The molecular weight excluding hydrogens is 466 g/mol. The molecule has 3 rings (SSSR count). The first kappa shape index (κ1) is 23.5. The van der Waals surface area contributed by atoms with E-state index in [1.807, 2.05) is 0 Å². The van der Waals surface area contributed by atoms with Gasteiger partial charge in [0.15, 0.2) is 22.7 Å². The summed E-state index contributed by atoms with van der Waals surface area (Å²) in [5.41, 5.74) is -1.45. The summed E-state index contributed by atoms with van der Waals surface area (Å²) in [6.45, 7) is 6.22. The van der Waals surface area contributed by atoms with E-state index in [2.05, 4.69) is 22.6 Å². The van der Waals surface area contributed by atoms with Gasteiger partial charge in [0.1, 0.15) is 0 Å². The van der Waals surface area contributed by atoms with Crippen LogP contribution in [-0.4, -0.2) is 24.7 Å². The van der Waals surface area contributed by atoms with Crippen LogP contribution < -0.4 is 18.9 Å². The van der Waals surface area contributed by atoms with Gasteiger partial charge < -0.3 is 23.4 Å². The maximum absolute atomic E-state index is 13.0. The normalized spacial score (nSPS) is 11.8. The Morgan fingerprint density at radius 3 is 1.39 bits per heavy atom. The largest absolute Gasteiger partial charge is 0.573 e. The van der Waals surface area contributed by atoms with Gasteiger partial charge in [-0.3, -0.25) is 0 Å². The third kappa shape index (κ3) is 5.19. The second-order valence-electron chi connectivity index (χ2n) is 5.99. The standard InChI is InChI=1S/C20H10F6O7/c1-3-13(27)29-11-7-5-9-10-6-8-12(30-14(28)4-2)18(33-20(24,25)26)16(10)31-15(9)17(11)32-19(21,22)23/h3-8H,1-2H2. The fourth-order valence-electron chi connectivity index (χ4n) is 2.70. The van der Waals surface area contributed by atoms with E-state index in [4.69, 9.17) is 13.9 Å². The van der Waals surface area contributed by atoms with Gasteiger partial charge in [-0.25, -0.2) is 9.59 Å². The highest BCUT2D eigenvalue weighted by molar-refractivity contribution is 6.10. The molecule has 174 valence electrons. The van der Waals surface area contributed by atoms with E-state index in [0.717, 1.165) is 24.3 Å². The van der Waals surface area contributed by atoms with Crippen molar-refractivity contribution < 1.29 is 59.3 Å². The van der Waals surface area contributed by atoms with Crippen LogP contribution in [-0.2, 0) is 9.59 Å². The predicted octanol–water partition coefficient (Wildman–Crippen LogP) is 5.57. The summed E-state index contributed by atoms with van der Waals surface area (Å²) in [4.78, 5) is 23.0. The number of esters is 2. The number of furan rings is 1. The summed E-state index contributed by atoms with van der Waals surface area (Å²) >= 11 is 0. The van der Waals surface area contributed by atoms with Crippen LogP contribution in [0.3, 0.4) is 0 Å². The summed E-state index contributed by atoms with van der Waals surface area (Å²) in [6.07, 6.45) is -9.26. The molecule has 0 bridgehead atoms. The lowest BCUT2D eigenvalue weighted by Crippen LogP contribution is -2.18. The van der Waals surface area contributed by atoms with Gasteiger partial charge >= 0.3 is 24.7 Å². The molecule has 3 aromatic rings. The van der Waals surface area contributed by atoms with Crippen molar-refractivity contribution in [3.63, 3.8) is 0 Å². The lowest BCUT2D eigenvalue weighted by Gasteiger charge is -2.13. The molecule has 33 heavy (non-hydrogen) atoms. The zero-order chi connectivity index (χ0) is 24.6. The van der Waals surface area contributed by atoms with Crippen LogP contribution in [0.15, 0.2) is 54.0 Å². The smallest absolute Gasteiger partial charge is 0.448 e. The van der Waals surface area contributed by atoms with Crippen LogP contribution >= 0.6 is 0 Å². The number of ether oxygens (including phenoxy) is 4. The number of hydrogen-bond donors (Lipinski definition) is 0. The number of alkyl halides is 6. The van der Waals surface area contributed by atoms with Gasteiger partial charge in [-0.15, -0.1) is 26.3 Å². The maximum Gasteiger partial charge on any atom is 0.573 e. The quantitative estimate of drug-likeness (QED) is 0.199. The maximum atomic E-state index is 13.0. The van der Waals surface area contributed by atoms with Crippen LogP contribution in [0.1, 0.15) is 0 Å². The van der Waals surface area contributed by atoms with Crippen LogP contribution in [0.25, 0.3) is 21.9 Å². The highest BCUT2D eigenvalue weighted by atomic mass is 19.4.